The summed E-state index contributed by atoms with van der Waals surface area (Å²) in [6, 6.07) is 0. The average molecular weight is 940 g/mol. The van der Waals surface area contributed by atoms with Crippen LogP contribution >= 0.6 is 0 Å². The van der Waals surface area contributed by atoms with Crippen LogP contribution in [0.2, 0.25) is 0 Å². The zero-order valence-corrected chi connectivity index (χ0v) is 44.7. The van der Waals surface area contributed by atoms with Crippen LogP contribution in [0.25, 0.3) is 0 Å². The first-order valence-corrected chi connectivity index (χ1v) is 29.1. The van der Waals surface area contributed by atoms with Gasteiger partial charge in [0.1, 0.15) is 13.2 Å². The number of esters is 3. The lowest BCUT2D eigenvalue weighted by Crippen LogP contribution is -2.30. The molecule has 390 valence electrons. The van der Waals surface area contributed by atoms with E-state index in [1.165, 1.54) is 161 Å². The Morgan fingerprint density at radius 3 is 0.881 bits per heavy atom. The molecule has 0 rings (SSSR count). The van der Waals surface area contributed by atoms with E-state index in [1.807, 2.05) is 0 Å². The smallest absolute Gasteiger partial charge is 0.306 e. The number of hydrogen-bond acceptors (Lipinski definition) is 6. The molecule has 67 heavy (non-hydrogen) atoms. The van der Waals surface area contributed by atoms with Crippen molar-refractivity contribution in [2.75, 3.05) is 13.2 Å². The van der Waals surface area contributed by atoms with Crippen LogP contribution in [0.3, 0.4) is 0 Å². The molecular weight excluding hydrogens is 829 g/mol. The number of carbonyl (C=O) groups excluding carboxylic acids is 3. The molecule has 0 aliphatic heterocycles. The molecule has 0 amide bonds. The van der Waals surface area contributed by atoms with Gasteiger partial charge in [-0.3, -0.25) is 14.4 Å². The summed E-state index contributed by atoms with van der Waals surface area (Å²) >= 11 is 0. The third-order valence-corrected chi connectivity index (χ3v) is 12.8. The van der Waals surface area contributed by atoms with Gasteiger partial charge in [-0.15, -0.1) is 0 Å². The maximum atomic E-state index is 12.8. The van der Waals surface area contributed by atoms with Crippen molar-refractivity contribution in [1.82, 2.24) is 0 Å². The normalized spacial score (nSPS) is 12.3. The molecule has 0 aromatic rings. The lowest BCUT2D eigenvalue weighted by molar-refractivity contribution is -0.167. The fraction of sp³-hybridized carbons (Fsp3) is 0.820. The third kappa shape index (κ3) is 54.2. The number of rotatable bonds is 53. The maximum Gasteiger partial charge on any atom is 0.306 e. The number of unbranched alkanes of at least 4 members (excludes halogenated alkanes) is 34. The van der Waals surface area contributed by atoms with Crippen LogP contribution in [-0.2, 0) is 28.6 Å². The van der Waals surface area contributed by atoms with E-state index in [9.17, 15) is 14.4 Å². The lowest BCUT2D eigenvalue weighted by Gasteiger charge is -2.18. The quantitative estimate of drug-likeness (QED) is 0.0262. The van der Waals surface area contributed by atoms with E-state index >= 15 is 0 Å². The van der Waals surface area contributed by atoms with Crippen molar-refractivity contribution in [2.24, 2.45) is 0 Å². The van der Waals surface area contributed by atoms with E-state index in [-0.39, 0.29) is 31.1 Å². The van der Waals surface area contributed by atoms with E-state index in [2.05, 4.69) is 69.4 Å². The molecule has 0 heterocycles. The van der Waals surface area contributed by atoms with E-state index in [1.54, 1.807) is 0 Å². The lowest BCUT2D eigenvalue weighted by atomic mass is 10.0. The summed E-state index contributed by atoms with van der Waals surface area (Å²) in [7, 11) is 0. The minimum atomic E-state index is -0.784. The highest BCUT2D eigenvalue weighted by Gasteiger charge is 2.19. The van der Waals surface area contributed by atoms with Crippen molar-refractivity contribution >= 4 is 17.9 Å². The van der Waals surface area contributed by atoms with Gasteiger partial charge < -0.3 is 14.2 Å². The van der Waals surface area contributed by atoms with Crippen LogP contribution in [0.1, 0.15) is 303 Å². The van der Waals surface area contributed by atoms with E-state index in [0.29, 0.717) is 19.3 Å². The number of hydrogen-bond donors (Lipinski definition) is 0. The zero-order chi connectivity index (χ0) is 48.6. The van der Waals surface area contributed by atoms with Crippen LogP contribution < -0.4 is 0 Å². The molecule has 0 aromatic carbocycles. The molecule has 0 spiro atoms. The second-order valence-corrected chi connectivity index (χ2v) is 19.6. The summed E-state index contributed by atoms with van der Waals surface area (Å²) in [5.74, 6) is -0.894. The first-order valence-electron chi connectivity index (χ1n) is 29.1. The highest BCUT2D eigenvalue weighted by atomic mass is 16.6. The van der Waals surface area contributed by atoms with Gasteiger partial charge in [0.25, 0.3) is 0 Å². The Bertz CT molecular complexity index is 1170. The number of ether oxygens (including phenoxy) is 3. The van der Waals surface area contributed by atoms with Crippen molar-refractivity contribution < 1.29 is 28.6 Å². The SMILES string of the molecule is CCCC/C=C\C/C=C\CCCCCCCC(=O)OCC(COC(=O)CCCCCCCCCCCCCCCCCCCCC)OC(=O)CCCCCCC/C=C\C/C=C\CCCCCC. The Hall–Kier alpha value is -2.63. The summed E-state index contributed by atoms with van der Waals surface area (Å²) in [6.07, 6.45) is 68.1. The van der Waals surface area contributed by atoms with Gasteiger partial charge in [0.05, 0.1) is 0 Å². The van der Waals surface area contributed by atoms with Gasteiger partial charge >= 0.3 is 17.9 Å². The molecule has 0 aliphatic carbocycles. The van der Waals surface area contributed by atoms with E-state index < -0.39 is 6.10 Å². The van der Waals surface area contributed by atoms with Gasteiger partial charge in [0.15, 0.2) is 6.10 Å². The maximum absolute atomic E-state index is 12.8. The van der Waals surface area contributed by atoms with E-state index in [0.717, 1.165) is 103 Å². The van der Waals surface area contributed by atoms with Crippen molar-refractivity contribution in [3.05, 3.63) is 48.6 Å². The predicted molar refractivity (Wildman–Crippen MR) is 289 cm³/mol. The first kappa shape index (κ1) is 64.4. The average Bonchev–Trinajstić information content (AvgIpc) is 3.33. The van der Waals surface area contributed by atoms with Gasteiger partial charge in [-0.2, -0.15) is 0 Å². The van der Waals surface area contributed by atoms with Gasteiger partial charge in [-0.25, -0.2) is 0 Å². The molecule has 0 saturated carbocycles. The Morgan fingerprint density at radius 1 is 0.299 bits per heavy atom. The molecule has 0 radical (unpaired) electrons. The fourth-order valence-corrected chi connectivity index (χ4v) is 8.37. The molecule has 0 saturated heterocycles. The van der Waals surface area contributed by atoms with Crippen LogP contribution in [0.15, 0.2) is 48.6 Å². The first-order chi connectivity index (χ1) is 33.0. The number of carbonyl (C=O) groups is 3. The standard InChI is InChI=1S/C61H110O6/c1-4-7-10-13-16-19-22-25-28-30-31-32-34-36-39-42-45-48-51-54-60(63)66-57-58(56-65-59(62)53-50-47-44-41-38-35-27-24-21-18-15-12-9-6-3)67-61(64)55-52-49-46-43-40-37-33-29-26-23-20-17-14-11-8-5-2/h15,18,20,23-24,27,29,33,58H,4-14,16-17,19,21-22,25-26,28,30-32,34-57H2,1-3H3/b18-15-,23-20-,27-24-,33-29-. The van der Waals surface area contributed by atoms with Gasteiger partial charge in [-0.1, -0.05) is 256 Å². The summed E-state index contributed by atoms with van der Waals surface area (Å²) < 4.78 is 16.9. The van der Waals surface area contributed by atoms with Gasteiger partial charge in [0.2, 0.25) is 0 Å². The Kier molecular flexibility index (Phi) is 53.8. The second-order valence-electron chi connectivity index (χ2n) is 19.6. The largest absolute Gasteiger partial charge is 0.462 e. The van der Waals surface area contributed by atoms with Gasteiger partial charge in [0, 0.05) is 19.3 Å². The molecule has 0 bridgehead atoms. The molecule has 0 aromatic heterocycles. The molecule has 6 nitrogen and oxygen atoms in total. The molecule has 0 fully saturated rings. The van der Waals surface area contributed by atoms with Crippen molar-refractivity contribution in [2.45, 2.75) is 309 Å². The van der Waals surface area contributed by atoms with Crippen molar-refractivity contribution in [3.8, 4) is 0 Å². The molecular formula is C61H110O6. The molecule has 6 heteroatoms. The Morgan fingerprint density at radius 2 is 0.552 bits per heavy atom. The molecule has 1 atom stereocenters. The summed E-state index contributed by atoms with van der Waals surface area (Å²) in [4.78, 5) is 38.1. The Labute approximate surface area is 416 Å². The van der Waals surface area contributed by atoms with Crippen LogP contribution in [0.4, 0.5) is 0 Å². The minimum Gasteiger partial charge on any atom is -0.462 e. The van der Waals surface area contributed by atoms with Crippen LogP contribution in [0, 0.1) is 0 Å². The minimum absolute atomic E-state index is 0.0805. The van der Waals surface area contributed by atoms with Crippen LogP contribution in [-0.4, -0.2) is 37.2 Å². The highest BCUT2D eigenvalue weighted by Crippen LogP contribution is 2.16. The summed E-state index contributed by atoms with van der Waals surface area (Å²) in [5.41, 5.74) is 0. The summed E-state index contributed by atoms with van der Waals surface area (Å²) in [6.45, 7) is 6.60. The topological polar surface area (TPSA) is 78.9 Å². The molecule has 0 N–H and O–H groups in total. The fourth-order valence-electron chi connectivity index (χ4n) is 8.37. The predicted octanol–water partition coefficient (Wildman–Crippen LogP) is 19.4. The van der Waals surface area contributed by atoms with Gasteiger partial charge in [-0.05, 0) is 77.0 Å². The monoisotopic (exact) mass is 939 g/mol. The molecule has 1 unspecified atom stereocenters. The second kappa shape index (κ2) is 56.0. The third-order valence-electron chi connectivity index (χ3n) is 12.8. The molecule has 0 aliphatic rings. The van der Waals surface area contributed by atoms with Crippen molar-refractivity contribution in [1.29, 1.82) is 0 Å². The number of allylic oxidation sites excluding steroid dienone is 8. The van der Waals surface area contributed by atoms with E-state index in [4.69, 9.17) is 14.2 Å². The Balaban J connectivity index is 4.36. The van der Waals surface area contributed by atoms with Crippen LogP contribution in [0.5, 0.6) is 0 Å². The highest BCUT2D eigenvalue weighted by molar-refractivity contribution is 5.71. The van der Waals surface area contributed by atoms with Crippen molar-refractivity contribution in [3.63, 3.8) is 0 Å². The summed E-state index contributed by atoms with van der Waals surface area (Å²) in [5, 5.41) is 0. The zero-order valence-electron chi connectivity index (χ0n) is 44.7.